The molecule has 2 aliphatic heterocycles. The molecular formula is C30H29N5O6. The molecule has 0 bridgehead atoms. The topological polar surface area (TPSA) is 138 Å². The molecule has 4 N–H and O–H groups in total. The van der Waals surface area contributed by atoms with Crippen LogP contribution in [0, 0.1) is 0 Å². The molecule has 2 aliphatic rings. The van der Waals surface area contributed by atoms with E-state index >= 15 is 0 Å². The molecule has 41 heavy (non-hydrogen) atoms. The van der Waals surface area contributed by atoms with E-state index in [0.29, 0.717) is 59.0 Å². The Kier molecular flexibility index (Phi) is 8.37. The molecule has 11 heteroatoms. The van der Waals surface area contributed by atoms with Crippen LogP contribution in [0.2, 0.25) is 0 Å². The number of esters is 1. The number of benzene rings is 3. The third-order valence-corrected chi connectivity index (χ3v) is 6.71. The average molecular weight is 556 g/mol. The number of hydrogen-bond donors (Lipinski definition) is 4. The molecule has 1 saturated heterocycles. The van der Waals surface area contributed by atoms with Gasteiger partial charge in [0.1, 0.15) is 0 Å². The van der Waals surface area contributed by atoms with Crippen LogP contribution in [0.5, 0.6) is 0 Å². The second kappa shape index (κ2) is 12.5. The largest absolute Gasteiger partial charge is 0.465 e. The van der Waals surface area contributed by atoms with Crippen molar-refractivity contribution in [3.63, 3.8) is 0 Å². The van der Waals surface area contributed by atoms with E-state index in [1.807, 2.05) is 35.2 Å². The molecule has 3 amide bonds. The minimum atomic E-state index is -0.494. The maximum Gasteiger partial charge on any atom is 0.337 e. The summed E-state index contributed by atoms with van der Waals surface area (Å²) in [6.45, 7) is 2.42. The summed E-state index contributed by atoms with van der Waals surface area (Å²) < 4.78 is 4.80. The lowest BCUT2D eigenvalue weighted by molar-refractivity contribution is -0.124. The first-order chi connectivity index (χ1) is 19.9. The lowest BCUT2D eigenvalue weighted by atomic mass is 9.99. The highest BCUT2D eigenvalue weighted by molar-refractivity contribution is 6.37. The van der Waals surface area contributed by atoms with Crippen molar-refractivity contribution >= 4 is 46.3 Å². The predicted octanol–water partition coefficient (Wildman–Crippen LogP) is 2.50. The Morgan fingerprint density at radius 2 is 1.71 bits per heavy atom. The van der Waals surface area contributed by atoms with Crippen molar-refractivity contribution in [1.82, 2.24) is 15.7 Å². The molecule has 3 aromatic carbocycles. The van der Waals surface area contributed by atoms with E-state index in [0.717, 1.165) is 12.1 Å². The van der Waals surface area contributed by atoms with Crippen LogP contribution in [-0.2, 0) is 19.2 Å². The van der Waals surface area contributed by atoms with Crippen LogP contribution >= 0.6 is 0 Å². The van der Waals surface area contributed by atoms with Crippen LogP contribution in [0.3, 0.4) is 0 Å². The highest BCUT2D eigenvalue weighted by Crippen LogP contribution is 2.38. The Bertz CT molecular complexity index is 1500. The fourth-order valence-electron chi connectivity index (χ4n) is 4.63. The lowest BCUT2D eigenvalue weighted by Crippen LogP contribution is -2.48. The molecule has 0 saturated carbocycles. The summed E-state index contributed by atoms with van der Waals surface area (Å²) in [4.78, 5) is 56.4. The number of fused-ring (bicyclic) bond motifs is 1. The smallest absolute Gasteiger partial charge is 0.337 e. The molecule has 2 heterocycles. The number of nitrogens with one attached hydrogen (secondary N) is 4. The third-order valence-electron chi connectivity index (χ3n) is 6.71. The van der Waals surface area contributed by atoms with E-state index in [2.05, 4.69) is 21.4 Å². The number of methoxy groups -OCH3 is 1. The molecule has 3 aromatic rings. The molecular weight excluding hydrogens is 526 g/mol. The molecule has 0 aromatic heterocycles. The molecule has 1 fully saturated rings. The zero-order chi connectivity index (χ0) is 28.8. The number of rotatable bonds is 9. The number of ether oxygens (including phenoxy) is 1. The molecule has 0 atom stereocenters. The van der Waals surface area contributed by atoms with Crippen molar-refractivity contribution in [1.29, 1.82) is 0 Å². The highest BCUT2D eigenvalue weighted by atomic mass is 16.7. The first-order valence-electron chi connectivity index (χ1n) is 13.0. The van der Waals surface area contributed by atoms with Crippen molar-refractivity contribution < 1.29 is 28.8 Å². The highest BCUT2D eigenvalue weighted by Gasteiger charge is 2.29. The van der Waals surface area contributed by atoms with Gasteiger partial charge in [-0.3, -0.25) is 24.1 Å². The van der Waals surface area contributed by atoms with Crippen LogP contribution in [0.15, 0.2) is 72.8 Å². The van der Waals surface area contributed by atoms with Gasteiger partial charge in [-0.1, -0.05) is 36.4 Å². The van der Waals surface area contributed by atoms with E-state index in [1.54, 1.807) is 42.5 Å². The van der Waals surface area contributed by atoms with Crippen molar-refractivity contribution in [2.75, 3.05) is 50.5 Å². The van der Waals surface area contributed by atoms with Gasteiger partial charge in [0.25, 0.3) is 11.8 Å². The maximum absolute atomic E-state index is 13.2. The van der Waals surface area contributed by atoms with E-state index in [4.69, 9.17) is 9.57 Å². The maximum atomic E-state index is 13.2. The summed E-state index contributed by atoms with van der Waals surface area (Å²) in [6.07, 6.45) is 0. The number of hydroxylamine groups is 1. The Hall–Kier alpha value is -5.00. The number of carbonyl (C=O) groups excluding carboxylic acids is 4. The first-order valence-corrected chi connectivity index (χ1v) is 13.0. The molecule has 5 rings (SSSR count). The minimum Gasteiger partial charge on any atom is -0.465 e. The third kappa shape index (κ3) is 6.43. The molecule has 0 radical (unpaired) electrons. The number of carbonyl (C=O) groups is 4. The van der Waals surface area contributed by atoms with Crippen LogP contribution in [0.1, 0.15) is 31.8 Å². The van der Waals surface area contributed by atoms with Gasteiger partial charge in [-0.25, -0.2) is 10.3 Å². The van der Waals surface area contributed by atoms with Gasteiger partial charge >= 0.3 is 5.97 Å². The zero-order valence-electron chi connectivity index (χ0n) is 22.4. The van der Waals surface area contributed by atoms with Crippen molar-refractivity contribution in [3.8, 4) is 0 Å². The standard InChI is InChI=1S/C30H29N5O6/c1-40-30(39)21-9-12-23-24(17-21)33-29(38)26(23)27(19-5-3-2-4-6-19)32-22-10-7-20(8-11-22)28(37)34-41-16-15-35-14-13-31-25(36)18-35/h2-12,17,32H,13-16,18H2,1H3,(H,31,36)(H,33,38)(H,34,37)/b27-26-. The summed E-state index contributed by atoms with van der Waals surface area (Å²) in [5.74, 6) is -1.23. The van der Waals surface area contributed by atoms with Gasteiger partial charge in [0.05, 0.1) is 42.8 Å². The van der Waals surface area contributed by atoms with Crippen LogP contribution in [-0.4, -0.2) is 68.5 Å². The number of amides is 3. The van der Waals surface area contributed by atoms with Crippen LogP contribution in [0.4, 0.5) is 11.4 Å². The van der Waals surface area contributed by atoms with Crippen molar-refractivity contribution in [2.45, 2.75) is 0 Å². The second-order valence-electron chi connectivity index (χ2n) is 9.43. The Morgan fingerprint density at radius 1 is 0.951 bits per heavy atom. The zero-order valence-corrected chi connectivity index (χ0v) is 22.4. The second-order valence-corrected chi connectivity index (χ2v) is 9.43. The van der Waals surface area contributed by atoms with Gasteiger partial charge < -0.3 is 20.7 Å². The van der Waals surface area contributed by atoms with Crippen molar-refractivity contribution in [2.24, 2.45) is 0 Å². The van der Waals surface area contributed by atoms with Crippen LogP contribution < -0.4 is 21.4 Å². The van der Waals surface area contributed by atoms with Gasteiger partial charge in [0.15, 0.2) is 0 Å². The predicted molar refractivity (Wildman–Crippen MR) is 153 cm³/mol. The Morgan fingerprint density at radius 3 is 2.44 bits per heavy atom. The monoisotopic (exact) mass is 555 g/mol. The van der Waals surface area contributed by atoms with E-state index in [1.165, 1.54) is 7.11 Å². The fraction of sp³-hybridized carbons (Fsp3) is 0.200. The van der Waals surface area contributed by atoms with Gasteiger partial charge in [-0.15, -0.1) is 0 Å². The molecule has 0 unspecified atom stereocenters. The SMILES string of the molecule is COC(=O)c1ccc2c(c1)NC(=O)/C2=C(\Nc1ccc(C(=O)NOCCN2CCNC(=O)C2)cc1)c1ccccc1. The number of piperazine rings is 1. The summed E-state index contributed by atoms with van der Waals surface area (Å²) in [7, 11) is 1.30. The number of anilines is 2. The molecule has 0 spiro atoms. The summed E-state index contributed by atoms with van der Waals surface area (Å²) >= 11 is 0. The van der Waals surface area contributed by atoms with E-state index < -0.39 is 11.9 Å². The lowest BCUT2D eigenvalue weighted by Gasteiger charge is -2.25. The summed E-state index contributed by atoms with van der Waals surface area (Å²) in [5, 5.41) is 8.95. The first kappa shape index (κ1) is 27.6. The summed E-state index contributed by atoms with van der Waals surface area (Å²) in [5.41, 5.74) is 6.74. The summed E-state index contributed by atoms with van der Waals surface area (Å²) in [6, 6.07) is 21.1. The fourth-order valence-corrected chi connectivity index (χ4v) is 4.63. The van der Waals surface area contributed by atoms with E-state index in [-0.39, 0.29) is 18.4 Å². The molecule has 210 valence electrons. The normalized spacial score (nSPS) is 15.8. The van der Waals surface area contributed by atoms with Crippen LogP contribution in [0.25, 0.3) is 11.3 Å². The number of nitrogens with zero attached hydrogens (tertiary/aromatic N) is 1. The van der Waals surface area contributed by atoms with Gasteiger partial charge in [0, 0.05) is 36.4 Å². The van der Waals surface area contributed by atoms with E-state index in [9.17, 15) is 19.2 Å². The molecule has 0 aliphatic carbocycles. The minimum absolute atomic E-state index is 0.0227. The Labute approximate surface area is 236 Å². The van der Waals surface area contributed by atoms with Gasteiger partial charge in [-0.2, -0.15) is 0 Å². The number of hydrogen-bond acceptors (Lipinski definition) is 8. The van der Waals surface area contributed by atoms with Crippen molar-refractivity contribution in [3.05, 3.63) is 95.1 Å². The average Bonchev–Trinajstić information content (AvgIpc) is 3.33. The molecule has 11 nitrogen and oxygen atoms in total. The quantitative estimate of drug-likeness (QED) is 0.137. The Balaban J connectivity index is 1.31. The van der Waals surface area contributed by atoms with Gasteiger partial charge in [-0.05, 0) is 42.0 Å². The van der Waals surface area contributed by atoms with Gasteiger partial charge in [0.2, 0.25) is 5.91 Å².